The number of hydrogen-bond donors (Lipinski definition) is 1. The number of aliphatic hydroxyl groups excluding tert-OH is 1. The van der Waals surface area contributed by atoms with Gasteiger partial charge in [0.15, 0.2) is 0 Å². The molecule has 2 aromatic rings. The highest BCUT2D eigenvalue weighted by Gasteiger charge is 2.15. The van der Waals surface area contributed by atoms with Crippen LogP contribution in [0.5, 0.6) is 0 Å². The third-order valence-corrected chi connectivity index (χ3v) is 4.46. The van der Waals surface area contributed by atoms with E-state index in [0.717, 1.165) is 15.6 Å². The largest absolute Gasteiger partial charge is 0.384 e. The second-order valence-corrected chi connectivity index (χ2v) is 7.14. The molecule has 0 heterocycles. The lowest BCUT2D eigenvalue weighted by Gasteiger charge is -2.20. The summed E-state index contributed by atoms with van der Waals surface area (Å²) in [6, 6.07) is 14.2. The van der Waals surface area contributed by atoms with E-state index in [1.54, 1.807) is 0 Å². The van der Waals surface area contributed by atoms with Gasteiger partial charge < -0.3 is 5.11 Å². The van der Waals surface area contributed by atoms with Crippen LogP contribution in [0.1, 0.15) is 49.1 Å². The summed E-state index contributed by atoms with van der Waals surface area (Å²) in [5.41, 5.74) is 4.42. The number of halogens is 1. The molecule has 0 aliphatic carbocycles. The Morgan fingerprint density at radius 2 is 1.50 bits per heavy atom. The Morgan fingerprint density at radius 3 is 2.00 bits per heavy atom. The number of rotatable bonds is 2. The number of aryl methyl sites for hydroxylation is 1. The van der Waals surface area contributed by atoms with Gasteiger partial charge in [0.2, 0.25) is 0 Å². The van der Waals surface area contributed by atoms with Crippen molar-refractivity contribution in [3.05, 3.63) is 69.2 Å². The van der Waals surface area contributed by atoms with E-state index in [-0.39, 0.29) is 5.41 Å². The molecule has 0 radical (unpaired) electrons. The first kappa shape index (κ1) is 15.3. The lowest BCUT2D eigenvalue weighted by atomic mass is 9.86. The third kappa shape index (κ3) is 3.31. The van der Waals surface area contributed by atoms with Crippen LogP contribution in [0.2, 0.25) is 0 Å². The van der Waals surface area contributed by atoms with Gasteiger partial charge in [-0.25, -0.2) is 0 Å². The summed E-state index contributed by atoms with van der Waals surface area (Å²) in [5, 5.41) is 10.5. The van der Waals surface area contributed by atoms with E-state index in [0.29, 0.717) is 0 Å². The fraction of sp³-hybridized carbons (Fsp3) is 0.333. The van der Waals surface area contributed by atoms with Crippen LogP contribution in [0.3, 0.4) is 0 Å². The van der Waals surface area contributed by atoms with Crippen LogP contribution in [0.15, 0.2) is 46.9 Å². The summed E-state index contributed by atoms with van der Waals surface area (Å²) in [6.45, 7) is 8.61. The van der Waals surface area contributed by atoms with Gasteiger partial charge in [-0.2, -0.15) is 0 Å². The van der Waals surface area contributed by atoms with Gasteiger partial charge in [-0.05, 0) is 40.7 Å². The zero-order valence-electron chi connectivity index (χ0n) is 12.4. The van der Waals surface area contributed by atoms with E-state index >= 15 is 0 Å². The molecule has 0 aromatic heterocycles. The van der Waals surface area contributed by atoms with E-state index in [9.17, 15) is 5.11 Å². The SMILES string of the molecule is Cc1ccc(C(O)c2ccc(C(C)(C)C)cc2)cc1Br. The van der Waals surface area contributed by atoms with Crippen molar-refractivity contribution in [2.45, 2.75) is 39.2 Å². The molecule has 0 fully saturated rings. The van der Waals surface area contributed by atoms with Crippen LogP contribution in [-0.4, -0.2) is 5.11 Å². The molecule has 0 saturated carbocycles. The molecule has 0 aliphatic heterocycles. The zero-order chi connectivity index (χ0) is 14.9. The van der Waals surface area contributed by atoms with Crippen LogP contribution in [0.4, 0.5) is 0 Å². The fourth-order valence-electron chi connectivity index (χ4n) is 2.14. The van der Waals surface area contributed by atoms with Crippen LogP contribution in [0.25, 0.3) is 0 Å². The Morgan fingerprint density at radius 1 is 0.950 bits per heavy atom. The average Bonchev–Trinajstić information content (AvgIpc) is 2.40. The van der Waals surface area contributed by atoms with E-state index in [4.69, 9.17) is 0 Å². The van der Waals surface area contributed by atoms with Crippen LogP contribution < -0.4 is 0 Å². The third-order valence-electron chi connectivity index (χ3n) is 3.60. The second-order valence-electron chi connectivity index (χ2n) is 6.28. The van der Waals surface area contributed by atoms with Gasteiger partial charge >= 0.3 is 0 Å². The van der Waals surface area contributed by atoms with E-state index in [1.165, 1.54) is 11.1 Å². The van der Waals surface area contributed by atoms with Gasteiger partial charge in [0.25, 0.3) is 0 Å². The molecule has 1 N–H and O–H groups in total. The molecular weight excluding hydrogens is 312 g/mol. The summed E-state index contributed by atoms with van der Waals surface area (Å²) in [5.74, 6) is 0. The fourth-order valence-corrected chi connectivity index (χ4v) is 2.53. The first-order valence-corrected chi connectivity index (χ1v) is 7.63. The van der Waals surface area contributed by atoms with Gasteiger partial charge in [0.05, 0.1) is 0 Å². The summed E-state index contributed by atoms with van der Waals surface area (Å²) >= 11 is 3.51. The molecule has 0 spiro atoms. The standard InChI is InChI=1S/C18H21BrO/c1-12-5-6-14(11-16(12)19)17(20)13-7-9-15(10-8-13)18(2,3)4/h5-11,17,20H,1-4H3. The molecule has 20 heavy (non-hydrogen) atoms. The Balaban J connectivity index is 2.29. The first-order valence-electron chi connectivity index (χ1n) is 6.83. The predicted octanol–water partition coefficient (Wildman–Crippen LogP) is 5.14. The molecule has 0 bridgehead atoms. The summed E-state index contributed by atoms with van der Waals surface area (Å²) in [6.07, 6.45) is -0.582. The highest BCUT2D eigenvalue weighted by Crippen LogP contribution is 2.28. The predicted molar refractivity (Wildman–Crippen MR) is 88.1 cm³/mol. The molecular formula is C18H21BrO. The quantitative estimate of drug-likeness (QED) is 0.807. The van der Waals surface area contributed by atoms with Crippen LogP contribution >= 0.6 is 15.9 Å². The minimum atomic E-state index is -0.582. The van der Waals surface area contributed by atoms with Crippen molar-refractivity contribution in [3.8, 4) is 0 Å². The molecule has 1 nitrogen and oxygen atoms in total. The lowest BCUT2D eigenvalue weighted by Crippen LogP contribution is -2.11. The highest BCUT2D eigenvalue weighted by atomic mass is 79.9. The maximum Gasteiger partial charge on any atom is 0.104 e. The minimum absolute atomic E-state index is 0.135. The van der Waals surface area contributed by atoms with Gasteiger partial charge in [-0.1, -0.05) is 73.1 Å². The molecule has 106 valence electrons. The van der Waals surface area contributed by atoms with Crippen molar-refractivity contribution in [2.24, 2.45) is 0 Å². The van der Waals surface area contributed by atoms with Crippen molar-refractivity contribution in [1.82, 2.24) is 0 Å². The molecule has 2 aromatic carbocycles. The number of benzene rings is 2. The Kier molecular flexibility index (Phi) is 4.36. The van der Waals surface area contributed by atoms with E-state index in [2.05, 4.69) is 48.8 Å². The Bertz CT molecular complexity index is 594. The van der Waals surface area contributed by atoms with E-state index in [1.807, 2.05) is 37.3 Å². The molecule has 0 aliphatic rings. The summed E-state index contributed by atoms with van der Waals surface area (Å²) in [7, 11) is 0. The highest BCUT2D eigenvalue weighted by molar-refractivity contribution is 9.10. The number of hydrogen-bond acceptors (Lipinski definition) is 1. The lowest BCUT2D eigenvalue weighted by molar-refractivity contribution is 0.220. The van der Waals surface area contributed by atoms with Crippen LogP contribution in [-0.2, 0) is 5.41 Å². The Labute approximate surface area is 129 Å². The van der Waals surface area contributed by atoms with Crippen molar-refractivity contribution in [1.29, 1.82) is 0 Å². The second kappa shape index (κ2) is 5.71. The topological polar surface area (TPSA) is 20.2 Å². The Hall–Kier alpha value is -1.12. The molecule has 0 amide bonds. The van der Waals surface area contributed by atoms with Gasteiger partial charge in [-0.15, -0.1) is 0 Å². The minimum Gasteiger partial charge on any atom is -0.384 e. The van der Waals surface area contributed by atoms with Crippen molar-refractivity contribution < 1.29 is 5.11 Å². The number of aliphatic hydroxyl groups is 1. The summed E-state index contributed by atoms with van der Waals surface area (Å²) < 4.78 is 1.03. The first-order chi connectivity index (χ1) is 9.29. The van der Waals surface area contributed by atoms with Gasteiger partial charge in [-0.3, -0.25) is 0 Å². The van der Waals surface area contributed by atoms with E-state index < -0.39 is 6.10 Å². The van der Waals surface area contributed by atoms with Gasteiger partial charge in [0, 0.05) is 4.47 Å². The van der Waals surface area contributed by atoms with Crippen molar-refractivity contribution >= 4 is 15.9 Å². The normalized spacial score (nSPS) is 13.3. The zero-order valence-corrected chi connectivity index (χ0v) is 14.0. The maximum atomic E-state index is 10.5. The molecule has 2 rings (SSSR count). The molecule has 2 heteroatoms. The van der Waals surface area contributed by atoms with Crippen LogP contribution in [0, 0.1) is 6.92 Å². The molecule has 1 unspecified atom stereocenters. The summed E-state index contributed by atoms with van der Waals surface area (Å²) in [4.78, 5) is 0. The molecule has 1 atom stereocenters. The van der Waals surface area contributed by atoms with Crippen molar-refractivity contribution in [2.75, 3.05) is 0 Å². The average molecular weight is 333 g/mol. The monoisotopic (exact) mass is 332 g/mol. The van der Waals surface area contributed by atoms with Gasteiger partial charge in [0.1, 0.15) is 6.10 Å². The smallest absolute Gasteiger partial charge is 0.104 e. The maximum absolute atomic E-state index is 10.5. The molecule has 0 saturated heterocycles. The van der Waals surface area contributed by atoms with Crippen molar-refractivity contribution in [3.63, 3.8) is 0 Å².